The highest BCUT2D eigenvalue weighted by atomic mass is 32.1. The molecular formula is C19H25NOS. The van der Waals surface area contributed by atoms with E-state index in [1.54, 1.807) is 0 Å². The lowest BCUT2D eigenvalue weighted by molar-refractivity contribution is 0.156. The molecule has 118 valence electrons. The van der Waals surface area contributed by atoms with Crippen LogP contribution >= 0.6 is 11.3 Å². The van der Waals surface area contributed by atoms with Gasteiger partial charge in [0.15, 0.2) is 0 Å². The van der Waals surface area contributed by atoms with Crippen molar-refractivity contribution in [3.63, 3.8) is 0 Å². The van der Waals surface area contributed by atoms with Crippen molar-refractivity contribution in [2.24, 2.45) is 0 Å². The predicted octanol–water partition coefficient (Wildman–Crippen LogP) is 4.58. The smallest absolute Gasteiger partial charge is 0.0792 e. The van der Waals surface area contributed by atoms with Gasteiger partial charge in [-0.15, -0.1) is 11.3 Å². The first-order chi connectivity index (χ1) is 10.8. The van der Waals surface area contributed by atoms with Gasteiger partial charge in [0.25, 0.3) is 0 Å². The minimum Gasteiger partial charge on any atom is -0.388 e. The molecular weight excluding hydrogens is 290 g/mol. The van der Waals surface area contributed by atoms with Gasteiger partial charge in [-0.25, -0.2) is 0 Å². The maximum absolute atomic E-state index is 10.1. The van der Waals surface area contributed by atoms with Crippen molar-refractivity contribution >= 4 is 17.0 Å². The Kier molecular flexibility index (Phi) is 5.16. The quantitative estimate of drug-likeness (QED) is 0.843. The van der Waals surface area contributed by atoms with E-state index in [1.165, 1.54) is 16.1 Å². The summed E-state index contributed by atoms with van der Waals surface area (Å²) in [7, 11) is 0. The summed E-state index contributed by atoms with van der Waals surface area (Å²) in [5, 5.41) is 12.3. The van der Waals surface area contributed by atoms with Crippen LogP contribution in [0.1, 0.15) is 48.3 Å². The summed E-state index contributed by atoms with van der Waals surface area (Å²) < 4.78 is 0. The molecule has 0 spiro atoms. The maximum Gasteiger partial charge on any atom is 0.0792 e. The molecule has 1 aromatic heterocycles. The van der Waals surface area contributed by atoms with Crippen LogP contribution in [0.2, 0.25) is 0 Å². The van der Waals surface area contributed by atoms with E-state index in [2.05, 4.69) is 47.5 Å². The summed E-state index contributed by atoms with van der Waals surface area (Å²) in [6.07, 6.45) is 5.11. The third kappa shape index (κ3) is 3.53. The summed E-state index contributed by atoms with van der Waals surface area (Å²) in [4.78, 5) is 3.94. The molecule has 1 heterocycles. The molecule has 2 aromatic rings. The Morgan fingerprint density at radius 3 is 2.95 bits per heavy atom. The number of nitrogens with zero attached hydrogens (tertiary/aromatic N) is 1. The Morgan fingerprint density at radius 2 is 2.18 bits per heavy atom. The molecule has 22 heavy (non-hydrogen) atoms. The summed E-state index contributed by atoms with van der Waals surface area (Å²) in [6.45, 7) is 4.39. The second kappa shape index (κ2) is 7.30. The molecule has 3 rings (SSSR count). The second-order valence-electron chi connectivity index (χ2n) is 6.11. The molecule has 0 amide bonds. The Balaban J connectivity index is 1.76. The van der Waals surface area contributed by atoms with Crippen molar-refractivity contribution in [2.45, 2.75) is 45.1 Å². The third-order valence-corrected chi connectivity index (χ3v) is 5.41. The van der Waals surface area contributed by atoms with Crippen molar-refractivity contribution in [3.05, 3.63) is 51.7 Å². The van der Waals surface area contributed by atoms with Gasteiger partial charge in [0.05, 0.1) is 6.10 Å². The number of thiophene rings is 1. The fraction of sp³-hybridized carbons (Fsp3) is 0.474. The number of aryl methyl sites for hydroxylation is 1. The van der Waals surface area contributed by atoms with Gasteiger partial charge >= 0.3 is 0 Å². The summed E-state index contributed by atoms with van der Waals surface area (Å²) >= 11 is 1.84. The molecule has 1 atom stereocenters. The van der Waals surface area contributed by atoms with E-state index in [-0.39, 0.29) is 6.10 Å². The molecule has 2 nitrogen and oxygen atoms in total. The number of benzene rings is 1. The number of hydrogen-bond acceptors (Lipinski definition) is 3. The van der Waals surface area contributed by atoms with Gasteiger partial charge in [-0.05, 0) is 66.8 Å². The van der Waals surface area contributed by atoms with Crippen LogP contribution in [0.15, 0.2) is 35.7 Å². The lowest BCUT2D eigenvalue weighted by Gasteiger charge is -2.28. The minimum atomic E-state index is -0.261. The lowest BCUT2D eigenvalue weighted by atomic mass is 9.89. The molecule has 0 fully saturated rings. The first kappa shape index (κ1) is 15.6. The van der Waals surface area contributed by atoms with Crippen LogP contribution in [0.5, 0.6) is 0 Å². The number of aliphatic hydroxyl groups excluding tert-OH is 1. The monoisotopic (exact) mass is 315 g/mol. The Hall–Kier alpha value is -1.32. The van der Waals surface area contributed by atoms with E-state index in [4.69, 9.17) is 0 Å². The zero-order valence-corrected chi connectivity index (χ0v) is 14.1. The van der Waals surface area contributed by atoms with Gasteiger partial charge in [0.1, 0.15) is 0 Å². The fourth-order valence-corrected chi connectivity index (χ4v) is 4.01. The van der Waals surface area contributed by atoms with Crippen molar-refractivity contribution in [3.8, 4) is 0 Å². The first-order valence-corrected chi connectivity index (χ1v) is 9.24. The molecule has 0 aliphatic heterocycles. The van der Waals surface area contributed by atoms with Crippen LogP contribution in [-0.4, -0.2) is 18.2 Å². The lowest BCUT2D eigenvalue weighted by Crippen LogP contribution is -2.27. The average Bonchev–Trinajstić information content (AvgIpc) is 3.05. The summed E-state index contributed by atoms with van der Waals surface area (Å²) in [5.74, 6) is 0. The molecule has 0 bridgehead atoms. The van der Waals surface area contributed by atoms with Gasteiger partial charge in [-0.1, -0.05) is 19.1 Å². The highest BCUT2D eigenvalue weighted by molar-refractivity contribution is 7.09. The Labute approximate surface area is 137 Å². The highest BCUT2D eigenvalue weighted by Crippen LogP contribution is 2.32. The topological polar surface area (TPSA) is 23.5 Å². The second-order valence-corrected chi connectivity index (χ2v) is 7.14. The molecule has 1 aromatic carbocycles. The Bertz CT molecular complexity index is 593. The molecule has 1 aliphatic rings. The van der Waals surface area contributed by atoms with Gasteiger partial charge in [-0.2, -0.15) is 0 Å². The molecule has 0 unspecified atom stereocenters. The van der Waals surface area contributed by atoms with E-state index in [0.717, 1.165) is 50.8 Å². The van der Waals surface area contributed by atoms with E-state index >= 15 is 0 Å². The standard InChI is InChI=1S/C19H25NOS/c1-2-11-20(12-10-17-6-4-13-22-17)16-8-9-18-15(14-16)5-3-7-19(18)21/h4,6,8-9,13-14,19,21H,2-3,5,7,10-12H2,1H3/t19-/m0/s1. The minimum absolute atomic E-state index is 0.261. The van der Waals surface area contributed by atoms with E-state index < -0.39 is 0 Å². The summed E-state index contributed by atoms with van der Waals surface area (Å²) in [6, 6.07) is 11.0. The zero-order chi connectivity index (χ0) is 15.4. The highest BCUT2D eigenvalue weighted by Gasteiger charge is 2.19. The Morgan fingerprint density at radius 1 is 1.27 bits per heavy atom. The number of fused-ring (bicyclic) bond motifs is 1. The van der Waals surface area contributed by atoms with Crippen molar-refractivity contribution in [2.75, 3.05) is 18.0 Å². The zero-order valence-electron chi connectivity index (χ0n) is 13.3. The van der Waals surface area contributed by atoms with Crippen molar-refractivity contribution < 1.29 is 5.11 Å². The van der Waals surface area contributed by atoms with Crippen LogP contribution in [0.3, 0.4) is 0 Å². The molecule has 3 heteroatoms. The third-order valence-electron chi connectivity index (χ3n) is 4.48. The largest absolute Gasteiger partial charge is 0.388 e. The van der Waals surface area contributed by atoms with Crippen LogP contribution < -0.4 is 4.90 Å². The number of hydrogen-bond donors (Lipinski definition) is 1. The molecule has 0 saturated heterocycles. The van der Waals surface area contributed by atoms with Crippen molar-refractivity contribution in [1.29, 1.82) is 0 Å². The van der Waals surface area contributed by atoms with E-state index in [0.29, 0.717) is 0 Å². The summed E-state index contributed by atoms with van der Waals surface area (Å²) in [5.41, 5.74) is 3.80. The molecule has 0 radical (unpaired) electrons. The van der Waals surface area contributed by atoms with Gasteiger partial charge in [0.2, 0.25) is 0 Å². The van der Waals surface area contributed by atoms with Crippen LogP contribution in [0.4, 0.5) is 5.69 Å². The predicted molar refractivity (Wildman–Crippen MR) is 94.9 cm³/mol. The van der Waals surface area contributed by atoms with E-state index in [9.17, 15) is 5.11 Å². The normalized spacial score (nSPS) is 17.3. The van der Waals surface area contributed by atoms with Crippen molar-refractivity contribution in [1.82, 2.24) is 0 Å². The molecule has 1 N–H and O–H groups in total. The fourth-order valence-electron chi connectivity index (χ4n) is 3.31. The first-order valence-electron chi connectivity index (χ1n) is 8.36. The van der Waals surface area contributed by atoms with Gasteiger partial charge in [-0.3, -0.25) is 0 Å². The number of anilines is 1. The van der Waals surface area contributed by atoms with Gasteiger partial charge in [0, 0.05) is 23.7 Å². The van der Waals surface area contributed by atoms with Crippen LogP contribution in [0, 0.1) is 0 Å². The average molecular weight is 315 g/mol. The SMILES string of the molecule is CCCN(CCc1cccs1)c1ccc2c(c1)CCC[C@@H]2O. The van der Waals surface area contributed by atoms with Crippen LogP contribution in [-0.2, 0) is 12.8 Å². The molecule has 1 aliphatic carbocycles. The van der Waals surface area contributed by atoms with Crippen LogP contribution in [0.25, 0.3) is 0 Å². The maximum atomic E-state index is 10.1. The van der Waals surface area contributed by atoms with E-state index in [1.807, 2.05) is 11.3 Å². The molecule has 0 saturated carbocycles. The van der Waals surface area contributed by atoms with Gasteiger partial charge < -0.3 is 10.0 Å². The number of aliphatic hydroxyl groups is 1. The number of rotatable bonds is 6.